The number of benzene rings is 1. The van der Waals surface area contributed by atoms with E-state index >= 15 is 0 Å². The fourth-order valence-corrected chi connectivity index (χ4v) is 0.784. The first-order valence-corrected chi connectivity index (χ1v) is 3.63. The lowest BCUT2D eigenvalue weighted by atomic mass is 10.2. The van der Waals surface area contributed by atoms with Crippen molar-refractivity contribution in [2.75, 3.05) is 0 Å². The van der Waals surface area contributed by atoms with Gasteiger partial charge in [-0.25, -0.2) is 0 Å². The van der Waals surface area contributed by atoms with Crippen LogP contribution >= 0.6 is 8.46 Å². The molecule has 1 aromatic rings. The van der Waals surface area contributed by atoms with Gasteiger partial charge in [-0.2, -0.15) is 0 Å². The lowest BCUT2D eigenvalue weighted by Gasteiger charge is -1.83. The molecule has 0 aliphatic rings. The second-order valence-electron chi connectivity index (χ2n) is 1.69. The molecule has 0 aromatic heterocycles. The van der Waals surface area contributed by atoms with Crippen LogP contribution in [0.15, 0.2) is 30.3 Å². The molecule has 0 fully saturated rings. The summed E-state index contributed by atoms with van der Waals surface area (Å²) in [7, 11) is -0.121. The third-order valence-corrected chi connectivity index (χ3v) is 1.22. The summed E-state index contributed by atoms with van der Waals surface area (Å²) in [6, 6.07) is 9.45. The molecule has 48 valence electrons. The zero-order valence-corrected chi connectivity index (χ0v) is 6.14. The number of hydrogen-bond acceptors (Lipinski definition) is 1. The van der Waals surface area contributed by atoms with Crippen LogP contribution in [0.25, 0.3) is 0 Å². The molecule has 1 aromatic carbocycles. The molecule has 0 N–H and O–H groups in total. The maximum atomic E-state index is 9.90. The molecule has 2 heteroatoms. The normalized spacial score (nSPS) is 8.40. The van der Waals surface area contributed by atoms with Gasteiger partial charge in [0, 0.05) is 11.2 Å². The van der Waals surface area contributed by atoms with E-state index < -0.39 is 0 Å². The Morgan fingerprint density at radius 1 is 1.20 bits per heavy atom. The Hall–Kier alpha value is -1.12. The minimum Gasteiger partial charge on any atom is -0.260 e. The zero-order valence-electron chi connectivity index (χ0n) is 5.24. The molecule has 10 heavy (non-hydrogen) atoms. The van der Waals surface area contributed by atoms with Crippen molar-refractivity contribution in [3.63, 3.8) is 0 Å². The molecule has 1 nitrogen and oxygen atoms in total. The van der Waals surface area contributed by atoms with E-state index in [-0.39, 0.29) is 8.46 Å². The van der Waals surface area contributed by atoms with Crippen molar-refractivity contribution in [2.24, 2.45) is 0 Å². The molecule has 0 unspecified atom stereocenters. The Balaban J connectivity index is 2.86. The summed E-state index contributed by atoms with van der Waals surface area (Å²) in [4.78, 5) is 0. The highest BCUT2D eigenvalue weighted by atomic mass is 31.1. The van der Waals surface area contributed by atoms with Crippen LogP contribution in [0.1, 0.15) is 5.56 Å². The molecule has 0 spiro atoms. The Labute approximate surface area is 61.3 Å². The fourth-order valence-electron chi connectivity index (χ4n) is 0.609. The van der Waals surface area contributed by atoms with Gasteiger partial charge in [-0.15, -0.1) is 0 Å². The fraction of sp³-hybridized carbons (Fsp3) is 0. The third kappa shape index (κ3) is 2.01. The lowest BCUT2D eigenvalue weighted by molar-refractivity contribution is 0.603. The molecule has 0 bridgehead atoms. The van der Waals surface area contributed by atoms with Crippen molar-refractivity contribution in [2.45, 2.75) is 0 Å². The first kappa shape index (κ1) is 6.99. The van der Waals surface area contributed by atoms with Crippen LogP contribution in [0.4, 0.5) is 0 Å². The molecule has 0 radical (unpaired) electrons. The summed E-state index contributed by atoms with van der Waals surface area (Å²) in [6.45, 7) is 0. The molecule has 0 amide bonds. The summed E-state index contributed by atoms with van der Waals surface area (Å²) in [5, 5.41) is 0. The Morgan fingerprint density at radius 3 is 2.50 bits per heavy atom. The van der Waals surface area contributed by atoms with Gasteiger partial charge >= 0.3 is 0 Å². The SMILES string of the molecule is O=PC#Cc1ccccc1. The minimum atomic E-state index is -0.121. The maximum Gasteiger partial charge on any atom is 0.246 e. The van der Waals surface area contributed by atoms with Crippen LogP contribution in [0.5, 0.6) is 0 Å². The van der Waals surface area contributed by atoms with Gasteiger partial charge in [0.05, 0.1) is 0 Å². The molecule has 1 rings (SSSR count). The van der Waals surface area contributed by atoms with Gasteiger partial charge in [-0.3, -0.25) is 4.57 Å². The summed E-state index contributed by atoms with van der Waals surface area (Å²) in [5.41, 5.74) is 3.33. The van der Waals surface area contributed by atoms with Crippen molar-refractivity contribution >= 4 is 8.46 Å². The molecule has 0 saturated carbocycles. The Bertz CT molecular complexity index is 268. The van der Waals surface area contributed by atoms with E-state index in [0.717, 1.165) is 5.56 Å². The van der Waals surface area contributed by atoms with Crippen molar-refractivity contribution in [1.82, 2.24) is 0 Å². The third-order valence-electron chi connectivity index (χ3n) is 1.02. The molecule has 0 atom stereocenters. The minimum absolute atomic E-state index is 0.121. The van der Waals surface area contributed by atoms with Crippen LogP contribution in [0, 0.1) is 11.6 Å². The molecule has 0 saturated heterocycles. The van der Waals surface area contributed by atoms with Gasteiger partial charge in [0.2, 0.25) is 8.46 Å². The quantitative estimate of drug-likeness (QED) is 0.407. The van der Waals surface area contributed by atoms with E-state index in [4.69, 9.17) is 0 Å². The Morgan fingerprint density at radius 2 is 1.90 bits per heavy atom. The van der Waals surface area contributed by atoms with E-state index in [9.17, 15) is 4.57 Å². The van der Waals surface area contributed by atoms with Gasteiger partial charge in [-0.05, 0) is 12.1 Å². The highest BCUT2D eigenvalue weighted by Crippen LogP contribution is 1.96. The van der Waals surface area contributed by atoms with Gasteiger partial charge in [0.1, 0.15) is 0 Å². The van der Waals surface area contributed by atoms with Crippen LogP contribution in [0.3, 0.4) is 0 Å². The summed E-state index contributed by atoms with van der Waals surface area (Å²) in [6.07, 6.45) is 0. The molecular weight excluding hydrogens is 143 g/mol. The van der Waals surface area contributed by atoms with Crippen LogP contribution < -0.4 is 0 Å². The van der Waals surface area contributed by atoms with Gasteiger partial charge < -0.3 is 0 Å². The summed E-state index contributed by atoms with van der Waals surface area (Å²) < 4.78 is 9.90. The van der Waals surface area contributed by atoms with Crippen molar-refractivity contribution in [1.29, 1.82) is 0 Å². The van der Waals surface area contributed by atoms with Crippen LogP contribution in [-0.2, 0) is 4.57 Å². The van der Waals surface area contributed by atoms with Crippen molar-refractivity contribution in [3.8, 4) is 11.6 Å². The summed E-state index contributed by atoms with van der Waals surface area (Å²) in [5.74, 6) is 2.72. The van der Waals surface area contributed by atoms with Gasteiger partial charge in [0.25, 0.3) is 0 Å². The number of hydrogen-bond donors (Lipinski definition) is 0. The maximum absolute atomic E-state index is 9.90. The van der Waals surface area contributed by atoms with Crippen LogP contribution in [0.2, 0.25) is 0 Å². The second-order valence-corrected chi connectivity index (χ2v) is 2.10. The Kier molecular flexibility index (Phi) is 2.67. The highest BCUT2D eigenvalue weighted by molar-refractivity contribution is 7.30. The first-order valence-electron chi connectivity index (χ1n) is 2.82. The van der Waals surface area contributed by atoms with Crippen LogP contribution in [-0.4, -0.2) is 0 Å². The van der Waals surface area contributed by atoms with Gasteiger partial charge in [-0.1, -0.05) is 24.1 Å². The average Bonchev–Trinajstić information content (AvgIpc) is 2.03. The largest absolute Gasteiger partial charge is 0.260 e. The first-order chi connectivity index (χ1) is 4.93. The van der Waals surface area contributed by atoms with E-state index in [1.54, 1.807) is 0 Å². The van der Waals surface area contributed by atoms with Crippen molar-refractivity contribution in [3.05, 3.63) is 35.9 Å². The highest BCUT2D eigenvalue weighted by Gasteiger charge is 1.78. The second kappa shape index (κ2) is 3.82. The summed E-state index contributed by atoms with van der Waals surface area (Å²) >= 11 is 0. The topological polar surface area (TPSA) is 17.1 Å². The smallest absolute Gasteiger partial charge is 0.246 e. The molecule has 0 aliphatic carbocycles. The zero-order chi connectivity index (χ0) is 7.23. The monoisotopic (exact) mass is 148 g/mol. The molecule has 0 aliphatic heterocycles. The van der Waals surface area contributed by atoms with E-state index in [1.165, 1.54) is 0 Å². The van der Waals surface area contributed by atoms with E-state index in [1.807, 2.05) is 30.3 Å². The molecular formula is C8H5OP. The lowest BCUT2D eigenvalue weighted by Crippen LogP contribution is -1.67. The van der Waals surface area contributed by atoms with E-state index in [2.05, 4.69) is 11.6 Å². The standard InChI is InChI=1S/C8H5OP/c9-10-7-6-8-4-2-1-3-5-8/h1-5H. The predicted octanol–water partition coefficient (Wildman–Crippen LogP) is 2.29. The van der Waals surface area contributed by atoms with E-state index in [0.29, 0.717) is 0 Å². The predicted molar refractivity (Wildman–Crippen MR) is 40.9 cm³/mol. The molecule has 0 heterocycles. The van der Waals surface area contributed by atoms with Gasteiger partial charge in [0.15, 0.2) is 0 Å². The number of rotatable bonds is 0. The van der Waals surface area contributed by atoms with Crippen molar-refractivity contribution < 1.29 is 4.57 Å². The average molecular weight is 148 g/mol.